The van der Waals surface area contributed by atoms with Gasteiger partial charge in [0.05, 0.1) is 0 Å². The molecule has 2 rings (SSSR count). The van der Waals surface area contributed by atoms with Crippen LogP contribution in [-0.4, -0.2) is 40.6 Å². The van der Waals surface area contributed by atoms with Crippen LogP contribution in [0.15, 0.2) is 18.2 Å². The number of aromatic nitrogens is 4. The largest absolute Gasteiger partial charge is 0.377 e. The predicted molar refractivity (Wildman–Crippen MR) is 67.6 cm³/mol. The number of aryl methyl sites for hydroxylation is 1. The molecule has 0 aliphatic heterocycles. The smallest absolute Gasteiger partial charge is 0.270 e. The average Bonchev–Trinajstić information content (AvgIpc) is 2.81. The van der Waals surface area contributed by atoms with E-state index < -0.39 is 0 Å². The van der Waals surface area contributed by atoms with Crippen molar-refractivity contribution < 1.29 is 4.79 Å². The van der Waals surface area contributed by atoms with Crippen LogP contribution in [0.4, 0.5) is 11.6 Å². The summed E-state index contributed by atoms with van der Waals surface area (Å²) in [6.45, 7) is 1.96. The summed E-state index contributed by atoms with van der Waals surface area (Å²) in [4.78, 5) is 13.9. The average molecular weight is 246 g/mol. The molecule has 0 spiro atoms. The number of aromatic amines is 1. The van der Waals surface area contributed by atoms with E-state index in [0.29, 0.717) is 5.56 Å². The molecule has 7 heteroatoms. The third-order valence-corrected chi connectivity index (χ3v) is 2.51. The Labute approximate surface area is 104 Å². The maximum absolute atomic E-state index is 11.9. The first-order chi connectivity index (χ1) is 8.58. The summed E-state index contributed by atoms with van der Waals surface area (Å²) in [7, 11) is 3.92. The summed E-state index contributed by atoms with van der Waals surface area (Å²) >= 11 is 0. The number of hydrogen-bond acceptors (Lipinski definition) is 5. The summed E-state index contributed by atoms with van der Waals surface area (Å²) in [5, 5.41) is 15.5. The van der Waals surface area contributed by atoms with E-state index in [1.54, 1.807) is 6.07 Å². The van der Waals surface area contributed by atoms with Crippen LogP contribution in [0.2, 0.25) is 0 Å². The van der Waals surface area contributed by atoms with Crippen molar-refractivity contribution in [1.29, 1.82) is 0 Å². The second kappa shape index (κ2) is 4.82. The number of carbonyl (C=O) groups excluding carboxylic acids is 1. The molecule has 94 valence electrons. The van der Waals surface area contributed by atoms with Gasteiger partial charge in [-0.2, -0.15) is 5.21 Å². The Morgan fingerprint density at radius 2 is 2.17 bits per heavy atom. The minimum atomic E-state index is -0.259. The van der Waals surface area contributed by atoms with E-state index in [-0.39, 0.29) is 11.9 Å². The maximum atomic E-state index is 11.9. The highest BCUT2D eigenvalue weighted by atomic mass is 16.1. The van der Waals surface area contributed by atoms with Gasteiger partial charge in [-0.15, -0.1) is 5.10 Å². The fraction of sp³-hybridized carbons (Fsp3) is 0.273. The number of benzene rings is 1. The molecule has 0 saturated carbocycles. The first kappa shape index (κ1) is 12.0. The summed E-state index contributed by atoms with van der Waals surface area (Å²) in [6, 6.07) is 5.49. The van der Waals surface area contributed by atoms with Gasteiger partial charge < -0.3 is 4.90 Å². The van der Waals surface area contributed by atoms with E-state index in [1.807, 2.05) is 38.1 Å². The summed E-state index contributed by atoms with van der Waals surface area (Å²) in [5.74, 6) is -0.0980. The Morgan fingerprint density at radius 1 is 1.39 bits per heavy atom. The number of rotatable bonds is 3. The summed E-state index contributed by atoms with van der Waals surface area (Å²) < 4.78 is 0. The van der Waals surface area contributed by atoms with Gasteiger partial charge in [0, 0.05) is 25.3 Å². The van der Waals surface area contributed by atoms with Crippen molar-refractivity contribution in [3.8, 4) is 0 Å². The van der Waals surface area contributed by atoms with E-state index in [1.165, 1.54) is 0 Å². The molecule has 1 aromatic heterocycles. The van der Waals surface area contributed by atoms with Crippen LogP contribution < -0.4 is 10.2 Å². The molecule has 2 aromatic rings. The van der Waals surface area contributed by atoms with Crippen LogP contribution in [0.3, 0.4) is 0 Å². The van der Waals surface area contributed by atoms with Gasteiger partial charge in [0.25, 0.3) is 11.9 Å². The van der Waals surface area contributed by atoms with Crippen LogP contribution in [0.25, 0.3) is 0 Å². The normalized spacial score (nSPS) is 10.2. The van der Waals surface area contributed by atoms with Gasteiger partial charge in [0.2, 0.25) is 0 Å². The fourth-order valence-electron chi connectivity index (χ4n) is 1.69. The molecule has 0 aliphatic rings. The molecule has 0 unspecified atom stereocenters. The van der Waals surface area contributed by atoms with Crippen molar-refractivity contribution in [2.24, 2.45) is 0 Å². The Balaban J connectivity index is 2.19. The lowest BCUT2D eigenvalue weighted by atomic mass is 10.1. The molecular weight excluding hydrogens is 232 g/mol. The summed E-state index contributed by atoms with van der Waals surface area (Å²) in [6.07, 6.45) is 0. The van der Waals surface area contributed by atoms with E-state index in [9.17, 15) is 4.79 Å². The Morgan fingerprint density at radius 3 is 2.72 bits per heavy atom. The van der Waals surface area contributed by atoms with Gasteiger partial charge in [-0.3, -0.25) is 10.1 Å². The molecule has 1 heterocycles. The third kappa shape index (κ3) is 2.45. The third-order valence-electron chi connectivity index (χ3n) is 2.51. The van der Waals surface area contributed by atoms with E-state index in [0.717, 1.165) is 11.3 Å². The van der Waals surface area contributed by atoms with Crippen LogP contribution in [-0.2, 0) is 0 Å². The zero-order valence-electron chi connectivity index (χ0n) is 10.4. The molecule has 1 aromatic carbocycles. The van der Waals surface area contributed by atoms with Crippen molar-refractivity contribution in [3.63, 3.8) is 0 Å². The lowest BCUT2D eigenvalue weighted by Crippen LogP contribution is -2.15. The SMILES string of the molecule is Cc1cc(C(=O)Nc2nn[nH]n2)ccc1N(C)C. The number of anilines is 2. The minimum Gasteiger partial charge on any atom is -0.377 e. The molecule has 18 heavy (non-hydrogen) atoms. The highest BCUT2D eigenvalue weighted by Gasteiger charge is 2.10. The molecule has 1 amide bonds. The molecule has 0 fully saturated rings. The number of nitrogens with one attached hydrogen (secondary N) is 2. The number of carbonyl (C=O) groups is 1. The molecule has 7 nitrogen and oxygen atoms in total. The Kier molecular flexibility index (Phi) is 3.22. The van der Waals surface area contributed by atoms with E-state index in [2.05, 4.69) is 25.9 Å². The standard InChI is InChI=1S/C11H14N6O/c1-7-6-8(4-5-9(7)17(2)3)10(18)12-11-13-15-16-14-11/h4-6H,1-3H3,(H2,12,13,14,15,16,18). The van der Waals surface area contributed by atoms with Gasteiger partial charge >= 0.3 is 0 Å². The maximum Gasteiger partial charge on any atom is 0.270 e. The predicted octanol–water partition coefficient (Wildman–Crippen LogP) is 0.826. The van der Waals surface area contributed by atoms with Gasteiger partial charge in [-0.05, 0) is 35.9 Å². The minimum absolute atomic E-state index is 0.161. The van der Waals surface area contributed by atoms with E-state index in [4.69, 9.17) is 0 Å². The quantitative estimate of drug-likeness (QED) is 0.837. The van der Waals surface area contributed by atoms with Gasteiger partial charge in [-0.25, -0.2) is 0 Å². The first-order valence-electron chi connectivity index (χ1n) is 5.40. The van der Waals surface area contributed by atoms with Crippen molar-refractivity contribution in [3.05, 3.63) is 29.3 Å². The monoisotopic (exact) mass is 246 g/mol. The second-order valence-corrected chi connectivity index (χ2v) is 4.09. The van der Waals surface area contributed by atoms with Crippen LogP contribution in [0, 0.1) is 6.92 Å². The molecule has 0 aliphatic carbocycles. The van der Waals surface area contributed by atoms with Crippen LogP contribution >= 0.6 is 0 Å². The number of nitrogens with zero attached hydrogens (tertiary/aromatic N) is 4. The topological polar surface area (TPSA) is 86.8 Å². The summed E-state index contributed by atoms with van der Waals surface area (Å²) in [5.41, 5.74) is 2.66. The molecule has 0 radical (unpaired) electrons. The number of hydrogen-bond donors (Lipinski definition) is 2. The van der Waals surface area contributed by atoms with Crippen LogP contribution in [0.1, 0.15) is 15.9 Å². The molecule has 0 bridgehead atoms. The van der Waals surface area contributed by atoms with Gasteiger partial charge in [-0.1, -0.05) is 5.10 Å². The number of amides is 1. The van der Waals surface area contributed by atoms with Crippen LogP contribution in [0.5, 0.6) is 0 Å². The van der Waals surface area contributed by atoms with Gasteiger partial charge in [0.15, 0.2) is 0 Å². The van der Waals surface area contributed by atoms with Crippen molar-refractivity contribution in [1.82, 2.24) is 20.6 Å². The highest BCUT2D eigenvalue weighted by Crippen LogP contribution is 2.19. The zero-order valence-corrected chi connectivity index (χ0v) is 10.4. The number of tetrazole rings is 1. The lowest BCUT2D eigenvalue weighted by molar-refractivity contribution is 0.102. The van der Waals surface area contributed by atoms with Crippen molar-refractivity contribution >= 4 is 17.5 Å². The highest BCUT2D eigenvalue weighted by molar-refractivity contribution is 6.03. The molecule has 2 N–H and O–H groups in total. The van der Waals surface area contributed by atoms with Gasteiger partial charge in [0.1, 0.15) is 0 Å². The van der Waals surface area contributed by atoms with E-state index >= 15 is 0 Å². The zero-order chi connectivity index (χ0) is 13.1. The van der Waals surface area contributed by atoms with Crippen molar-refractivity contribution in [2.75, 3.05) is 24.3 Å². The first-order valence-corrected chi connectivity index (χ1v) is 5.40. The Hall–Kier alpha value is -2.44. The fourth-order valence-corrected chi connectivity index (χ4v) is 1.69. The number of H-pyrrole nitrogens is 1. The lowest BCUT2D eigenvalue weighted by Gasteiger charge is -2.16. The Bertz CT molecular complexity index is 549. The second-order valence-electron chi connectivity index (χ2n) is 4.09. The van der Waals surface area contributed by atoms with Crippen molar-refractivity contribution in [2.45, 2.75) is 6.92 Å². The molecular formula is C11H14N6O. The molecule has 0 atom stereocenters. The molecule has 0 saturated heterocycles.